The van der Waals surface area contributed by atoms with Gasteiger partial charge in [0, 0.05) is 13.0 Å². The first-order valence-corrected chi connectivity index (χ1v) is 4.97. The molecule has 6 nitrogen and oxygen atoms in total. The standard InChI is InChI=1S/C9H11F3N2O4/c1-8(7(17)18,9(10,11)12)14-6(16)4-2-5(15)13-3-4/h4H,2-3H2,1H3,(H,13,15)(H,14,16)(H,17,18). The summed E-state index contributed by atoms with van der Waals surface area (Å²) in [6.07, 6.45) is -5.38. The Morgan fingerprint density at radius 2 is 2.00 bits per heavy atom. The molecule has 3 N–H and O–H groups in total. The lowest BCUT2D eigenvalue weighted by molar-refractivity contribution is -0.207. The average molecular weight is 268 g/mol. The first kappa shape index (κ1) is 14.3. The lowest BCUT2D eigenvalue weighted by Crippen LogP contribution is -2.62. The second-order valence-electron chi connectivity index (χ2n) is 4.12. The molecule has 1 fully saturated rings. The lowest BCUT2D eigenvalue weighted by atomic mass is 9.99. The molecule has 0 saturated carbocycles. The summed E-state index contributed by atoms with van der Waals surface area (Å²) in [6, 6.07) is 0. The molecule has 2 amide bonds. The number of halogens is 3. The predicted molar refractivity (Wildman–Crippen MR) is 51.4 cm³/mol. The molecule has 102 valence electrons. The Labute approximate surface area is 99.5 Å². The van der Waals surface area contributed by atoms with Gasteiger partial charge in [-0.2, -0.15) is 13.2 Å². The van der Waals surface area contributed by atoms with Crippen LogP contribution in [0.4, 0.5) is 13.2 Å². The van der Waals surface area contributed by atoms with Crippen LogP contribution in [0, 0.1) is 5.92 Å². The maximum absolute atomic E-state index is 12.6. The van der Waals surface area contributed by atoms with E-state index in [0.29, 0.717) is 6.92 Å². The molecule has 0 radical (unpaired) electrons. The van der Waals surface area contributed by atoms with Crippen molar-refractivity contribution in [2.75, 3.05) is 6.54 Å². The first-order chi connectivity index (χ1) is 8.08. The van der Waals surface area contributed by atoms with E-state index in [2.05, 4.69) is 5.32 Å². The van der Waals surface area contributed by atoms with Crippen molar-refractivity contribution < 1.29 is 32.7 Å². The van der Waals surface area contributed by atoms with Crippen LogP contribution < -0.4 is 10.6 Å². The number of carboxylic acids is 1. The van der Waals surface area contributed by atoms with Gasteiger partial charge >= 0.3 is 12.1 Å². The van der Waals surface area contributed by atoms with E-state index >= 15 is 0 Å². The molecule has 0 bridgehead atoms. The van der Waals surface area contributed by atoms with Crippen molar-refractivity contribution in [3.05, 3.63) is 0 Å². The molecule has 1 aliphatic heterocycles. The predicted octanol–water partition coefficient (Wildman–Crippen LogP) is -0.356. The summed E-state index contributed by atoms with van der Waals surface area (Å²) in [7, 11) is 0. The van der Waals surface area contributed by atoms with Crippen molar-refractivity contribution in [2.24, 2.45) is 5.92 Å². The van der Waals surface area contributed by atoms with E-state index in [9.17, 15) is 27.6 Å². The highest BCUT2D eigenvalue weighted by atomic mass is 19.4. The molecule has 0 aromatic carbocycles. The Morgan fingerprint density at radius 3 is 2.33 bits per heavy atom. The molecule has 2 atom stereocenters. The van der Waals surface area contributed by atoms with Gasteiger partial charge in [0.1, 0.15) is 0 Å². The highest BCUT2D eigenvalue weighted by molar-refractivity contribution is 5.92. The molecule has 0 aliphatic carbocycles. The van der Waals surface area contributed by atoms with Gasteiger partial charge in [-0.15, -0.1) is 0 Å². The average Bonchev–Trinajstić information content (AvgIpc) is 2.62. The fourth-order valence-electron chi connectivity index (χ4n) is 1.38. The van der Waals surface area contributed by atoms with Crippen molar-refractivity contribution in [1.82, 2.24) is 10.6 Å². The fourth-order valence-corrected chi connectivity index (χ4v) is 1.38. The van der Waals surface area contributed by atoms with Crippen LogP contribution in [-0.2, 0) is 14.4 Å². The van der Waals surface area contributed by atoms with Crippen molar-refractivity contribution in [3.8, 4) is 0 Å². The third kappa shape index (κ3) is 2.54. The van der Waals surface area contributed by atoms with Crippen LogP contribution in [-0.4, -0.2) is 41.2 Å². The van der Waals surface area contributed by atoms with E-state index < -0.39 is 35.4 Å². The summed E-state index contributed by atoms with van der Waals surface area (Å²) in [5, 5.41) is 12.3. The molecule has 0 aromatic heterocycles. The molecule has 0 aromatic rings. The van der Waals surface area contributed by atoms with Crippen molar-refractivity contribution >= 4 is 17.8 Å². The van der Waals surface area contributed by atoms with E-state index in [1.165, 1.54) is 5.32 Å². The maximum Gasteiger partial charge on any atom is 0.422 e. The Bertz CT molecular complexity index is 396. The van der Waals surface area contributed by atoms with Gasteiger partial charge in [0.05, 0.1) is 5.92 Å². The number of carbonyl (C=O) groups is 3. The van der Waals surface area contributed by atoms with Gasteiger partial charge in [0.25, 0.3) is 0 Å². The molecular weight excluding hydrogens is 257 g/mol. The number of hydrogen-bond acceptors (Lipinski definition) is 3. The number of carbonyl (C=O) groups excluding carboxylic acids is 2. The van der Waals surface area contributed by atoms with Crippen LogP contribution in [0.5, 0.6) is 0 Å². The number of carboxylic acid groups (broad SMARTS) is 1. The number of hydrogen-bond donors (Lipinski definition) is 3. The molecule has 18 heavy (non-hydrogen) atoms. The zero-order valence-corrected chi connectivity index (χ0v) is 9.30. The summed E-state index contributed by atoms with van der Waals surface area (Å²) in [4.78, 5) is 33.0. The Kier molecular flexibility index (Phi) is 3.54. The van der Waals surface area contributed by atoms with Gasteiger partial charge in [0.2, 0.25) is 17.4 Å². The molecule has 1 aliphatic rings. The number of nitrogens with one attached hydrogen (secondary N) is 2. The van der Waals surface area contributed by atoms with E-state index in [4.69, 9.17) is 5.11 Å². The Morgan fingerprint density at radius 1 is 1.44 bits per heavy atom. The van der Waals surface area contributed by atoms with Crippen LogP contribution in [0.3, 0.4) is 0 Å². The molecule has 9 heteroatoms. The third-order valence-electron chi connectivity index (χ3n) is 2.72. The Balaban J connectivity index is 2.83. The van der Waals surface area contributed by atoms with Gasteiger partial charge in [-0.25, -0.2) is 4.79 Å². The largest absolute Gasteiger partial charge is 0.479 e. The minimum Gasteiger partial charge on any atom is -0.479 e. The topological polar surface area (TPSA) is 95.5 Å². The molecule has 0 spiro atoms. The number of alkyl halides is 3. The summed E-state index contributed by atoms with van der Waals surface area (Å²) in [5.41, 5.74) is -3.37. The molecule has 1 rings (SSSR count). The van der Waals surface area contributed by atoms with E-state index in [-0.39, 0.29) is 13.0 Å². The minimum atomic E-state index is -5.13. The molecule has 1 heterocycles. The van der Waals surface area contributed by atoms with Gasteiger partial charge < -0.3 is 15.7 Å². The second-order valence-corrected chi connectivity index (χ2v) is 4.12. The second kappa shape index (κ2) is 4.46. The van der Waals surface area contributed by atoms with E-state index in [0.717, 1.165) is 0 Å². The molecular formula is C9H11F3N2O4. The van der Waals surface area contributed by atoms with Gasteiger partial charge in [0.15, 0.2) is 0 Å². The maximum atomic E-state index is 12.6. The minimum absolute atomic E-state index is 0.0990. The zero-order valence-electron chi connectivity index (χ0n) is 9.30. The monoisotopic (exact) mass is 268 g/mol. The zero-order chi connectivity index (χ0) is 14.1. The van der Waals surface area contributed by atoms with Crippen LogP contribution >= 0.6 is 0 Å². The van der Waals surface area contributed by atoms with Crippen molar-refractivity contribution in [1.29, 1.82) is 0 Å². The van der Waals surface area contributed by atoms with Crippen molar-refractivity contribution in [3.63, 3.8) is 0 Å². The molecule has 2 unspecified atom stereocenters. The van der Waals surface area contributed by atoms with Crippen LogP contribution in [0.2, 0.25) is 0 Å². The molecule has 1 saturated heterocycles. The highest BCUT2D eigenvalue weighted by Gasteiger charge is 2.59. The summed E-state index contributed by atoms with van der Waals surface area (Å²) in [5.74, 6) is -4.77. The normalized spacial score (nSPS) is 23.1. The SMILES string of the molecule is CC(NC(=O)C1CNC(=O)C1)(C(=O)O)C(F)(F)F. The van der Waals surface area contributed by atoms with Gasteiger partial charge in [-0.05, 0) is 6.92 Å². The van der Waals surface area contributed by atoms with E-state index in [1.54, 1.807) is 0 Å². The fraction of sp³-hybridized carbons (Fsp3) is 0.667. The third-order valence-corrected chi connectivity index (χ3v) is 2.72. The Hall–Kier alpha value is -1.80. The van der Waals surface area contributed by atoms with Crippen LogP contribution in [0.25, 0.3) is 0 Å². The number of amides is 2. The summed E-state index contributed by atoms with van der Waals surface area (Å²) < 4.78 is 37.8. The number of rotatable bonds is 3. The number of aliphatic carboxylic acids is 1. The highest BCUT2D eigenvalue weighted by Crippen LogP contribution is 2.31. The van der Waals surface area contributed by atoms with Gasteiger partial charge in [-0.1, -0.05) is 0 Å². The van der Waals surface area contributed by atoms with Gasteiger partial charge in [-0.3, -0.25) is 9.59 Å². The van der Waals surface area contributed by atoms with E-state index in [1.807, 2.05) is 0 Å². The van der Waals surface area contributed by atoms with Crippen molar-refractivity contribution in [2.45, 2.75) is 25.1 Å². The quantitative estimate of drug-likeness (QED) is 0.651. The summed E-state index contributed by atoms with van der Waals surface area (Å²) in [6.45, 7) is 0.260. The lowest BCUT2D eigenvalue weighted by Gasteiger charge is -2.29. The first-order valence-electron chi connectivity index (χ1n) is 4.97. The smallest absolute Gasteiger partial charge is 0.422 e. The van der Waals surface area contributed by atoms with Crippen LogP contribution in [0.15, 0.2) is 0 Å². The summed E-state index contributed by atoms with van der Waals surface area (Å²) >= 11 is 0. The van der Waals surface area contributed by atoms with Crippen LogP contribution in [0.1, 0.15) is 13.3 Å².